The Hall–Kier alpha value is -2.93. The fraction of sp³-hybridized carbons (Fsp3) is 0.643. The molecule has 2 atom stereocenters. The van der Waals surface area contributed by atoms with E-state index in [0.29, 0.717) is 11.3 Å². The van der Waals surface area contributed by atoms with Gasteiger partial charge in [0, 0.05) is 13.1 Å². The van der Waals surface area contributed by atoms with Crippen LogP contribution >= 0.6 is 0 Å². The molecule has 0 rings (SSSR count). The van der Waals surface area contributed by atoms with Crippen LogP contribution in [-0.4, -0.2) is 71.4 Å². The van der Waals surface area contributed by atoms with Crippen LogP contribution in [0.1, 0.15) is 25.7 Å². The van der Waals surface area contributed by atoms with Gasteiger partial charge in [0.25, 0.3) is 0 Å². The average Bonchev–Trinajstić information content (AvgIpc) is 2.59. The second kappa shape index (κ2) is 12.4. The van der Waals surface area contributed by atoms with Crippen molar-refractivity contribution >= 4 is 29.7 Å². The minimum absolute atomic E-state index is 0.0513. The van der Waals surface area contributed by atoms with Crippen LogP contribution in [0.15, 0.2) is 9.98 Å². The van der Waals surface area contributed by atoms with E-state index in [0.717, 1.165) is 0 Å². The van der Waals surface area contributed by atoms with Crippen molar-refractivity contribution in [3.63, 3.8) is 0 Å². The third-order valence-corrected chi connectivity index (χ3v) is 3.49. The number of carbonyl (C=O) groups excluding carboxylic acids is 2. The lowest BCUT2D eigenvalue weighted by atomic mass is 10.1. The molecular formula is C14H29N9O4. The molecule has 2 amide bonds. The maximum Gasteiger partial charge on any atom is 0.326 e. The first-order valence-corrected chi connectivity index (χ1v) is 8.26. The fourth-order valence-electron chi connectivity index (χ4n) is 2.23. The summed E-state index contributed by atoms with van der Waals surface area (Å²) in [5.41, 5.74) is 31.9. The lowest BCUT2D eigenvalue weighted by Crippen LogP contribution is -2.55. The molecule has 0 bridgehead atoms. The highest BCUT2D eigenvalue weighted by Crippen LogP contribution is 2.12. The molecule has 13 N–H and O–H groups in total. The monoisotopic (exact) mass is 387 g/mol. The van der Waals surface area contributed by atoms with Crippen LogP contribution in [0.3, 0.4) is 0 Å². The number of carbonyl (C=O) groups is 3. The lowest BCUT2D eigenvalue weighted by molar-refractivity contribution is -0.158. The van der Waals surface area contributed by atoms with Gasteiger partial charge in [-0.2, -0.15) is 0 Å². The second-order valence-corrected chi connectivity index (χ2v) is 5.66. The first-order valence-electron chi connectivity index (χ1n) is 8.26. The molecule has 27 heavy (non-hydrogen) atoms. The predicted molar refractivity (Wildman–Crippen MR) is 100 cm³/mol. The highest BCUT2D eigenvalue weighted by molar-refractivity contribution is 6.01. The van der Waals surface area contributed by atoms with Crippen LogP contribution in [0.25, 0.3) is 0 Å². The summed E-state index contributed by atoms with van der Waals surface area (Å²) in [5, 5.41) is 9.44. The molecular weight excluding hydrogens is 358 g/mol. The van der Waals surface area contributed by atoms with Crippen molar-refractivity contribution in [1.29, 1.82) is 0 Å². The van der Waals surface area contributed by atoms with E-state index in [1.54, 1.807) is 0 Å². The van der Waals surface area contributed by atoms with Gasteiger partial charge in [0.05, 0.1) is 12.6 Å². The summed E-state index contributed by atoms with van der Waals surface area (Å²) >= 11 is 0. The molecule has 0 aromatic heterocycles. The summed E-state index contributed by atoms with van der Waals surface area (Å²) in [5.74, 6) is -3.27. The van der Waals surface area contributed by atoms with Crippen molar-refractivity contribution in [2.75, 3.05) is 19.6 Å². The summed E-state index contributed by atoms with van der Waals surface area (Å²) in [6, 6.07) is -2.53. The van der Waals surface area contributed by atoms with Gasteiger partial charge in [-0.25, -0.2) is 4.79 Å². The van der Waals surface area contributed by atoms with Gasteiger partial charge in [-0.05, 0) is 25.7 Å². The first-order chi connectivity index (χ1) is 12.6. The summed E-state index contributed by atoms with van der Waals surface area (Å²) in [6.07, 6.45) is 0.711. The van der Waals surface area contributed by atoms with E-state index in [-0.39, 0.29) is 44.3 Å². The van der Waals surface area contributed by atoms with E-state index in [9.17, 15) is 19.5 Å². The Bertz CT molecular complexity index is 571. The zero-order valence-corrected chi connectivity index (χ0v) is 15.1. The predicted octanol–water partition coefficient (Wildman–Crippen LogP) is -3.81. The normalized spacial score (nSPS) is 12.5. The average molecular weight is 387 g/mol. The number of carboxylic acids is 1. The van der Waals surface area contributed by atoms with Gasteiger partial charge in [0.2, 0.25) is 11.8 Å². The molecule has 0 heterocycles. The van der Waals surface area contributed by atoms with Crippen LogP contribution < -0.4 is 34.4 Å². The number of nitrogens with two attached hydrogens (primary N) is 6. The number of hydrogen-bond acceptors (Lipinski definition) is 7. The van der Waals surface area contributed by atoms with E-state index < -0.39 is 36.4 Å². The molecule has 154 valence electrons. The maximum atomic E-state index is 12.6. The summed E-state index contributed by atoms with van der Waals surface area (Å²) in [6.45, 7) is -0.144. The zero-order chi connectivity index (χ0) is 21.0. The van der Waals surface area contributed by atoms with Crippen LogP contribution in [0.5, 0.6) is 0 Å². The van der Waals surface area contributed by atoms with Gasteiger partial charge < -0.3 is 39.5 Å². The van der Waals surface area contributed by atoms with Crippen molar-refractivity contribution in [2.45, 2.75) is 37.8 Å². The van der Waals surface area contributed by atoms with E-state index >= 15 is 0 Å². The van der Waals surface area contributed by atoms with Gasteiger partial charge in [-0.15, -0.1) is 0 Å². The number of imide groups is 1. The van der Waals surface area contributed by atoms with Crippen molar-refractivity contribution in [3.05, 3.63) is 0 Å². The van der Waals surface area contributed by atoms with Crippen molar-refractivity contribution in [1.82, 2.24) is 4.90 Å². The topological polar surface area (TPSA) is 256 Å². The van der Waals surface area contributed by atoms with Gasteiger partial charge in [-0.1, -0.05) is 0 Å². The molecule has 0 fully saturated rings. The summed E-state index contributed by atoms with van der Waals surface area (Å²) < 4.78 is 0. The third kappa shape index (κ3) is 9.37. The Labute approximate surface area is 156 Å². The van der Waals surface area contributed by atoms with Crippen LogP contribution in [0.4, 0.5) is 0 Å². The first kappa shape index (κ1) is 24.1. The zero-order valence-electron chi connectivity index (χ0n) is 15.1. The largest absolute Gasteiger partial charge is 0.480 e. The Kier molecular flexibility index (Phi) is 11.1. The fourth-order valence-corrected chi connectivity index (χ4v) is 2.23. The van der Waals surface area contributed by atoms with Crippen LogP contribution in [-0.2, 0) is 14.4 Å². The van der Waals surface area contributed by atoms with Crippen molar-refractivity contribution < 1.29 is 19.5 Å². The molecule has 0 saturated heterocycles. The Balaban J connectivity index is 5.14. The lowest BCUT2D eigenvalue weighted by Gasteiger charge is -2.29. The number of nitrogens with zero attached hydrogens (tertiary/aromatic N) is 3. The SMILES string of the molecule is NCC(=O)N(C(=O)C(N)CCCN=C(N)N)C(CCCN=C(N)N)C(=O)O. The Morgan fingerprint density at radius 3 is 1.81 bits per heavy atom. The highest BCUT2D eigenvalue weighted by Gasteiger charge is 2.35. The van der Waals surface area contributed by atoms with E-state index in [4.69, 9.17) is 34.4 Å². The number of hydrogen-bond donors (Lipinski definition) is 7. The Morgan fingerprint density at radius 2 is 1.41 bits per heavy atom. The Morgan fingerprint density at radius 1 is 0.926 bits per heavy atom. The number of rotatable bonds is 12. The second-order valence-electron chi connectivity index (χ2n) is 5.66. The quantitative estimate of drug-likeness (QED) is 0.0974. The molecule has 13 nitrogen and oxygen atoms in total. The molecule has 0 aliphatic rings. The van der Waals surface area contributed by atoms with E-state index in [1.165, 1.54) is 0 Å². The molecule has 0 aromatic rings. The highest BCUT2D eigenvalue weighted by atomic mass is 16.4. The van der Waals surface area contributed by atoms with Crippen LogP contribution in [0, 0.1) is 0 Å². The van der Waals surface area contributed by atoms with Crippen molar-refractivity contribution in [2.24, 2.45) is 44.4 Å². The number of guanidine groups is 2. The van der Waals surface area contributed by atoms with Gasteiger partial charge in [0.1, 0.15) is 6.04 Å². The molecule has 13 heteroatoms. The number of aliphatic imine (C=N–C) groups is 2. The van der Waals surface area contributed by atoms with Crippen molar-refractivity contribution in [3.8, 4) is 0 Å². The molecule has 2 unspecified atom stereocenters. The van der Waals surface area contributed by atoms with E-state index in [2.05, 4.69) is 9.98 Å². The maximum absolute atomic E-state index is 12.6. The van der Waals surface area contributed by atoms with Gasteiger partial charge in [-0.3, -0.25) is 24.5 Å². The van der Waals surface area contributed by atoms with Gasteiger partial charge >= 0.3 is 5.97 Å². The third-order valence-electron chi connectivity index (χ3n) is 3.49. The molecule has 0 radical (unpaired) electrons. The number of carboxylic acid groups (broad SMARTS) is 1. The number of aliphatic carboxylic acids is 1. The minimum Gasteiger partial charge on any atom is -0.480 e. The van der Waals surface area contributed by atoms with E-state index in [1.807, 2.05) is 0 Å². The minimum atomic E-state index is -1.42. The standard InChI is InChI=1S/C14H29N9O4/c15-7-10(24)23(9(12(26)27)4-2-6-22-14(19)20)11(25)8(16)3-1-5-21-13(17)18/h8-9H,1-7,15-16H2,(H,26,27)(H4,17,18,21)(H4,19,20,22). The molecule has 0 aliphatic carbocycles. The summed E-state index contributed by atoms with van der Waals surface area (Å²) in [7, 11) is 0. The molecule has 0 spiro atoms. The summed E-state index contributed by atoms with van der Waals surface area (Å²) in [4.78, 5) is 44.4. The molecule has 0 saturated carbocycles. The molecule has 0 aliphatic heterocycles. The molecule has 0 aromatic carbocycles. The number of amides is 2. The van der Waals surface area contributed by atoms with Gasteiger partial charge in [0.15, 0.2) is 11.9 Å². The smallest absolute Gasteiger partial charge is 0.326 e. The van der Waals surface area contributed by atoms with Crippen LogP contribution in [0.2, 0.25) is 0 Å².